The Labute approximate surface area is 101 Å². The zero-order chi connectivity index (χ0) is 12.3. The predicted molar refractivity (Wildman–Crippen MR) is 70.3 cm³/mol. The van der Waals surface area contributed by atoms with Gasteiger partial charge in [0.05, 0.1) is 6.10 Å². The van der Waals surface area contributed by atoms with E-state index in [1.165, 1.54) is 19.3 Å². The SMILES string of the molecule is CC(O)C(C)C=CC1C(C)CCCC1(C)C. The van der Waals surface area contributed by atoms with Crippen molar-refractivity contribution >= 4 is 0 Å². The van der Waals surface area contributed by atoms with E-state index in [4.69, 9.17) is 0 Å². The van der Waals surface area contributed by atoms with Crippen LogP contribution in [0.4, 0.5) is 0 Å². The number of hydrogen-bond donors (Lipinski definition) is 1. The van der Waals surface area contributed by atoms with E-state index in [9.17, 15) is 5.11 Å². The summed E-state index contributed by atoms with van der Waals surface area (Å²) < 4.78 is 0. The molecule has 0 heterocycles. The lowest BCUT2D eigenvalue weighted by molar-refractivity contribution is 0.120. The maximum Gasteiger partial charge on any atom is 0.0572 e. The Balaban J connectivity index is 2.69. The lowest BCUT2D eigenvalue weighted by Gasteiger charge is -2.41. The van der Waals surface area contributed by atoms with Gasteiger partial charge in [0, 0.05) is 0 Å². The van der Waals surface area contributed by atoms with Gasteiger partial charge in [-0.25, -0.2) is 0 Å². The quantitative estimate of drug-likeness (QED) is 0.718. The van der Waals surface area contributed by atoms with E-state index in [1.807, 2.05) is 6.92 Å². The number of rotatable bonds is 3. The van der Waals surface area contributed by atoms with E-state index in [0.717, 1.165) is 5.92 Å². The monoisotopic (exact) mass is 224 g/mol. The summed E-state index contributed by atoms with van der Waals surface area (Å²) in [5.41, 5.74) is 0.423. The summed E-state index contributed by atoms with van der Waals surface area (Å²) in [6, 6.07) is 0. The largest absolute Gasteiger partial charge is 0.393 e. The van der Waals surface area contributed by atoms with Gasteiger partial charge >= 0.3 is 0 Å². The molecular weight excluding hydrogens is 196 g/mol. The first-order chi connectivity index (χ1) is 7.34. The molecule has 0 radical (unpaired) electrons. The van der Waals surface area contributed by atoms with Crippen molar-refractivity contribution < 1.29 is 5.11 Å². The zero-order valence-corrected chi connectivity index (χ0v) is 11.5. The molecule has 4 atom stereocenters. The minimum atomic E-state index is -0.238. The second-order valence-electron chi connectivity index (χ2n) is 6.37. The molecule has 4 unspecified atom stereocenters. The number of aliphatic hydroxyl groups excluding tert-OH is 1. The van der Waals surface area contributed by atoms with E-state index in [0.29, 0.717) is 11.3 Å². The van der Waals surface area contributed by atoms with Crippen molar-refractivity contribution in [2.24, 2.45) is 23.2 Å². The molecule has 1 fully saturated rings. The summed E-state index contributed by atoms with van der Waals surface area (Å²) in [6.07, 6.45) is 8.37. The van der Waals surface area contributed by atoms with Crippen molar-refractivity contribution in [1.82, 2.24) is 0 Å². The average Bonchev–Trinajstić information content (AvgIpc) is 2.15. The standard InChI is InChI=1S/C15H28O/c1-11(13(3)16)8-9-14-12(2)7-6-10-15(14,4)5/h8-9,11-14,16H,6-7,10H2,1-5H3. The van der Waals surface area contributed by atoms with Gasteiger partial charge in [-0.2, -0.15) is 0 Å². The molecule has 1 aliphatic rings. The van der Waals surface area contributed by atoms with Crippen molar-refractivity contribution in [1.29, 1.82) is 0 Å². The fourth-order valence-corrected chi connectivity index (χ4v) is 2.90. The summed E-state index contributed by atoms with van der Waals surface area (Å²) in [4.78, 5) is 0. The summed E-state index contributed by atoms with van der Waals surface area (Å²) in [5, 5.41) is 9.50. The summed E-state index contributed by atoms with van der Waals surface area (Å²) in [7, 11) is 0. The van der Waals surface area contributed by atoms with E-state index < -0.39 is 0 Å². The van der Waals surface area contributed by atoms with Crippen molar-refractivity contribution in [3.8, 4) is 0 Å². The molecule has 0 amide bonds. The van der Waals surface area contributed by atoms with Crippen LogP contribution in [0.2, 0.25) is 0 Å². The van der Waals surface area contributed by atoms with Crippen molar-refractivity contribution in [3.05, 3.63) is 12.2 Å². The highest BCUT2D eigenvalue weighted by molar-refractivity contribution is 5.01. The third-order valence-corrected chi connectivity index (χ3v) is 4.38. The molecule has 1 N–H and O–H groups in total. The zero-order valence-electron chi connectivity index (χ0n) is 11.5. The number of aliphatic hydroxyl groups is 1. The van der Waals surface area contributed by atoms with Gasteiger partial charge in [0.2, 0.25) is 0 Å². The maximum absolute atomic E-state index is 9.50. The number of hydrogen-bond acceptors (Lipinski definition) is 1. The molecule has 94 valence electrons. The van der Waals surface area contributed by atoms with Gasteiger partial charge in [0.1, 0.15) is 0 Å². The van der Waals surface area contributed by atoms with E-state index in [1.54, 1.807) is 0 Å². The molecule has 1 rings (SSSR count). The molecule has 1 aliphatic carbocycles. The van der Waals surface area contributed by atoms with Gasteiger partial charge in [-0.1, -0.05) is 52.7 Å². The van der Waals surface area contributed by atoms with Crippen LogP contribution in [0.3, 0.4) is 0 Å². The molecule has 0 aromatic carbocycles. The van der Waals surface area contributed by atoms with Crippen molar-refractivity contribution in [3.63, 3.8) is 0 Å². The third kappa shape index (κ3) is 3.35. The molecule has 0 bridgehead atoms. The maximum atomic E-state index is 9.50. The number of allylic oxidation sites excluding steroid dienone is 1. The van der Waals surface area contributed by atoms with Crippen LogP contribution in [0, 0.1) is 23.2 Å². The van der Waals surface area contributed by atoms with Crippen LogP contribution in [0.5, 0.6) is 0 Å². The smallest absolute Gasteiger partial charge is 0.0572 e. The van der Waals surface area contributed by atoms with Crippen molar-refractivity contribution in [2.75, 3.05) is 0 Å². The molecule has 0 aliphatic heterocycles. The highest BCUT2D eigenvalue weighted by atomic mass is 16.3. The molecule has 0 saturated heterocycles. The van der Waals surface area contributed by atoms with Crippen LogP contribution >= 0.6 is 0 Å². The van der Waals surface area contributed by atoms with E-state index in [2.05, 4.69) is 39.8 Å². The average molecular weight is 224 g/mol. The van der Waals surface area contributed by atoms with Gasteiger partial charge < -0.3 is 5.11 Å². The lowest BCUT2D eigenvalue weighted by Crippen LogP contribution is -2.32. The molecule has 1 heteroatoms. The molecule has 16 heavy (non-hydrogen) atoms. The fourth-order valence-electron chi connectivity index (χ4n) is 2.90. The van der Waals surface area contributed by atoms with E-state index in [-0.39, 0.29) is 12.0 Å². The first-order valence-electron chi connectivity index (χ1n) is 6.71. The Bertz CT molecular complexity index is 240. The van der Waals surface area contributed by atoms with Gasteiger partial charge in [-0.15, -0.1) is 0 Å². The van der Waals surface area contributed by atoms with Crippen LogP contribution in [0.1, 0.15) is 53.9 Å². The highest BCUT2D eigenvalue weighted by Crippen LogP contribution is 2.44. The molecule has 0 aromatic heterocycles. The lowest BCUT2D eigenvalue weighted by atomic mass is 9.64. The Morgan fingerprint density at radius 3 is 2.44 bits per heavy atom. The van der Waals surface area contributed by atoms with Gasteiger partial charge in [0.25, 0.3) is 0 Å². The second-order valence-corrected chi connectivity index (χ2v) is 6.37. The van der Waals surface area contributed by atoms with E-state index >= 15 is 0 Å². The van der Waals surface area contributed by atoms with Crippen LogP contribution < -0.4 is 0 Å². The normalized spacial score (nSPS) is 33.9. The molecule has 1 saturated carbocycles. The summed E-state index contributed by atoms with van der Waals surface area (Å²) >= 11 is 0. The molecular formula is C15H28O. The summed E-state index contributed by atoms with van der Waals surface area (Å²) in [5.74, 6) is 1.72. The molecule has 0 aromatic rings. The summed E-state index contributed by atoms with van der Waals surface area (Å²) in [6.45, 7) is 11.1. The van der Waals surface area contributed by atoms with Gasteiger partial charge in [-0.3, -0.25) is 0 Å². The Kier molecular flexibility index (Phi) is 4.61. The van der Waals surface area contributed by atoms with Gasteiger partial charge in [0.15, 0.2) is 0 Å². The third-order valence-electron chi connectivity index (χ3n) is 4.38. The van der Waals surface area contributed by atoms with Crippen LogP contribution in [0.25, 0.3) is 0 Å². The van der Waals surface area contributed by atoms with Crippen LogP contribution in [0.15, 0.2) is 12.2 Å². The first kappa shape index (κ1) is 13.8. The minimum Gasteiger partial charge on any atom is -0.393 e. The van der Waals surface area contributed by atoms with Crippen LogP contribution in [-0.4, -0.2) is 11.2 Å². The fraction of sp³-hybridized carbons (Fsp3) is 0.867. The topological polar surface area (TPSA) is 20.2 Å². The van der Waals surface area contributed by atoms with Crippen molar-refractivity contribution in [2.45, 2.75) is 60.0 Å². The van der Waals surface area contributed by atoms with Gasteiger partial charge in [-0.05, 0) is 36.5 Å². The second kappa shape index (κ2) is 5.35. The predicted octanol–water partition coefficient (Wildman–Crippen LogP) is 4.02. The Morgan fingerprint density at radius 2 is 1.94 bits per heavy atom. The minimum absolute atomic E-state index is 0.238. The Hall–Kier alpha value is -0.300. The molecule has 1 nitrogen and oxygen atoms in total. The Morgan fingerprint density at radius 1 is 1.31 bits per heavy atom. The first-order valence-corrected chi connectivity index (χ1v) is 6.71. The molecule has 0 spiro atoms. The van der Waals surface area contributed by atoms with Crippen LogP contribution in [-0.2, 0) is 0 Å². The highest BCUT2D eigenvalue weighted by Gasteiger charge is 2.34.